The molecular formula is C12H11FN2O3S. The molecule has 0 aromatic heterocycles. The van der Waals surface area contributed by atoms with Gasteiger partial charge >= 0.3 is 0 Å². The Morgan fingerprint density at radius 2 is 2.16 bits per heavy atom. The molecule has 0 bridgehead atoms. The Morgan fingerprint density at radius 1 is 1.42 bits per heavy atom. The van der Waals surface area contributed by atoms with Crippen LogP contribution in [0.2, 0.25) is 0 Å². The highest BCUT2D eigenvalue weighted by atomic mass is 32.2. The van der Waals surface area contributed by atoms with Crippen LogP contribution in [-0.4, -0.2) is 25.9 Å². The minimum Gasteiger partial charge on any atom is -0.384 e. The number of nitrogens with one attached hydrogen (secondary N) is 1. The molecule has 0 heterocycles. The lowest BCUT2D eigenvalue weighted by atomic mass is 10.1. The molecule has 1 aromatic carbocycles. The van der Waals surface area contributed by atoms with E-state index in [1.54, 1.807) is 0 Å². The molecule has 2 N–H and O–H groups in total. The van der Waals surface area contributed by atoms with Gasteiger partial charge in [-0.25, -0.2) is 17.5 Å². The second kappa shape index (κ2) is 6.86. The average Bonchev–Trinajstić information content (AvgIpc) is 2.36. The van der Waals surface area contributed by atoms with Crippen LogP contribution in [0.4, 0.5) is 4.39 Å². The molecule has 0 atom stereocenters. The first kappa shape index (κ1) is 15.1. The summed E-state index contributed by atoms with van der Waals surface area (Å²) in [5.74, 6) is 3.74. The van der Waals surface area contributed by atoms with E-state index in [4.69, 9.17) is 10.4 Å². The number of hydrogen-bond acceptors (Lipinski definition) is 4. The maximum Gasteiger partial charge on any atom is 0.225 e. The first-order valence-electron chi connectivity index (χ1n) is 5.21. The van der Waals surface area contributed by atoms with Gasteiger partial charge in [-0.05, 0) is 18.2 Å². The predicted molar refractivity (Wildman–Crippen MR) is 66.6 cm³/mol. The molecule has 19 heavy (non-hydrogen) atoms. The second-order valence-corrected chi connectivity index (χ2v) is 5.31. The third-order valence-corrected chi connectivity index (χ3v) is 3.19. The Morgan fingerprint density at radius 3 is 2.79 bits per heavy atom. The molecule has 0 saturated heterocycles. The highest BCUT2D eigenvalue weighted by Crippen LogP contribution is 2.10. The molecule has 0 aliphatic carbocycles. The van der Waals surface area contributed by atoms with Gasteiger partial charge in [-0.15, -0.1) is 0 Å². The number of hydrogen-bond donors (Lipinski definition) is 2. The third kappa shape index (κ3) is 5.06. The molecule has 0 aliphatic rings. The fraction of sp³-hybridized carbons (Fsp3) is 0.250. The van der Waals surface area contributed by atoms with Crippen molar-refractivity contribution in [3.63, 3.8) is 0 Å². The highest BCUT2D eigenvalue weighted by molar-refractivity contribution is 7.89. The van der Waals surface area contributed by atoms with E-state index in [1.807, 2.05) is 0 Å². The fourth-order valence-corrected chi connectivity index (χ4v) is 1.90. The zero-order valence-electron chi connectivity index (χ0n) is 9.85. The molecule has 100 valence electrons. The van der Waals surface area contributed by atoms with E-state index in [9.17, 15) is 12.8 Å². The molecule has 5 nitrogen and oxygen atoms in total. The second-order valence-electron chi connectivity index (χ2n) is 3.50. The minimum atomic E-state index is -3.73. The first-order chi connectivity index (χ1) is 8.98. The van der Waals surface area contributed by atoms with Crippen LogP contribution in [0.25, 0.3) is 0 Å². The summed E-state index contributed by atoms with van der Waals surface area (Å²) >= 11 is 0. The summed E-state index contributed by atoms with van der Waals surface area (Å²) in [6.07, 6.45) is 0. The van der Waals surface area contributed by atoms with Gasteiger partial charge in [0.25, 0.3) is 0 Å². The van der Waals surface area contributed by atoms with E-state index in [0.29, 0.717) is 5.56 Å². The Labute approximate surface area is 110 Å². The lowest BCUT2D eigenvalue weighted by Gasteiger charge is -2.05. The number of halogens is 1. The van der Waals surface area contributed by atoms with E-state index in [0.717, 1.165) is 6.07 Å². The van der Waals surface area contributed by atoms with E-state index in [2.05, 4.69) is 16.6 Å². The van der Waals surface area contributed by atoms with E-state index in [-0.39, 0.29) is 18.7 Å². The van der Waals surface area contributed by atoms with E-state index < -0.39 is 21.6 Å². The maximum atomic E-state index is 13.5. The van der Waals surface area contributed by atoms with Crippen LogP contribution in [0.3, 0.4) is 0 Å². The smallest absolute Gasteiger partial charge is 0.225 e. The number of nitriles is 1. The molecule has 0 unspecified atom stereocenters. The highest BCUT2D eigenvalue weighted by Gasteiger charge is 2.11. The lowest BCUT2D eigenvalue weighted by Crippen LogP contribution is -2.25. The summed E-state index contributed by atoms with van der Waals surface area (Å²) < 4.78 is 38.1. The molecule has 0 aliphatic heterocycles. The van der Waals surface area contributed by atoms with Crippen LogP contribution in [0.5, 0.6) is 0 Å². The monoisotopic (exact) mass is 282 g/mol. The largest absolute Gasteiger partial charge is 0.384 e. The molecule has 1 rings (SSSR count). The van der Waals surface area contributed by atoms with Crippen LogP contribution >= 0.6 is 0 Å². The van der Waals surface area contributed by atoms with Gasteiger partial charge in [0, 0.05) is 17.7 Å². The minimum absolute atomic E-state index is 0.117. The van der Waals surface area contributed by atoms with Crippen molar-refractivity contribution in [3.05, 3.63) is 35.1 Å². The number of sulfonamides is 1. The number of rotatable bonds is 4. The van der Waals surface area contributed by atoms with Crippen molar-refractivity contribution in [1.82, 2.24) is 4.72 Å². The molecule has 1 aromatic rings. The van der Waals surface area contributed by atoms with Crippen molar-refractivity contribution >= 4 is 10.0 Å². The van der Waals surface area contributed by atoms with Gasteiger partial charge in [-0.3, -0.25) is 0 Å². The normalized spacial score (nSPS) is 10.4. The van der Waals surface area contributed by atoms with Gasteiger partial charge in [0.2, 0.25) is 10.0 Å². The summed E-state index contributed by atoms with van der Waals surface area (Å²) in [6.45, 7) is -0.577. The quantitative estimate of drug-likeness (QED) is 0.767. The van der Waals surface area contributed by atoms with Crippen LogP contribution in [0.15, 0.2) is 18.2 Å². The summed E-state index contributed by atoms with van der Waals surface area (Å²) in [7, 11) is -3.73. The summed E-state index contributed by atoms with van der Waals surface area (Å²) in [5, 5.41) is 16.9. The molecule has 0 radical (unpaired) electrons. The zero-order valence-corrected chi connectivity index (χ0v) is 10.7. The van der Waals surface area contributed by atoms with Crippen LogP contribution < -0.4 is 4.72 Å². The fourth-order valence-electron chi connectivity index (χ4n) is 1.25. The van der Waals surface area contributed by atoms with Crippen molar-refractivity contribution in [2.24, 2.45) is 0 Å². The van der Waals surface area contributed by atoms with Crippen molar-refractivity contribution < 1.29 is 17.9 Å². The molecule has 0 amide bonds. The number of aliphatic hydroxyl groups is 1. The van der Waals surface area contributed by atoms with Gasteiger partial charge < -0.3 is 5.11 Å². The van der Waals surface area contributed by atoms with E-state index in [1.165, 1.54) is 18.2 Å². The Hall–Kier alpha value is -1.93. The van der Waals surface area contributed by atoms with Gasteiger partial charge in [0.05, 0.1) is 6.07 Å². The first-order valence-corrected chi connectivity index (χ1v) is 6.86. The van der Waals surface area contributed by atoms with Gasteiger partial charge in [-0.2, -0.15) is 5.26 Å². The van der Waals surface area contributed by atoms with Crippen molar-refractivity contribution in [2.75, 3.05) is 12.4 Å². The van der Waals surface area contributed by atoms with Crippen LogP contribution in [0.1, 0.15) is 11.1 Å². The van der Waals surface area contributed by atoms with Crippen LogP contribution in [-0.2, 0) is 16.6 Å². The number of nitrogens with zero attached hydrogens (tertiary/aromatic N) is 1. The molecule has 7 heteroatoms. The molecule has 0 fully saturated rings. The number of aliphatic hydroxyl groups excluding tert-OH is 1. The van der Waals surface area contributed by atoms with Crippen molar-refractivity contribution in [1.29, 1.82) is 5.26 Å². The molecule has 0 saturated carbocycles. The zero-order chi connectivity index (χ0) is 14.3. The van der Waals surface area contributed by atoms with Crippen molar-refractivity contribution in [3.8, 4) is 17.9 Å². The van der Waals surface area contributed by atoms with Crippen molar-refractivity contribution in [2.45, 2.75) is 6.54 Å². The van der Waals surface area contributed by atoms with Gasteiger partial charge in [0.15, 0.2) is 5.75 Å². The molecular weight excluding hydrogens is 271 g/mol. The predicted octanol–water partition coefficient (Wildman–Crippen LogP) is 0.112. The van der Waals surface area contributed by atoms with E-state index >= 15 is 0 Å². The third-order valence-electron chi connectivity index (χ3n) is 2.09. The Balaban J connectivity index is 2.87. The SMILES string of the molecule is N#CCS(=O)(=O)NCc1cc(C#CCO)ccc1F. The number of benzene rings is 1. The standard InChI is InChI=1S/C12H11FN2O3S/c13-12-4-3-10(2-1-6-16)8-11(12)9-15-19(17,18)7-5-14/h3-4,8,15-16H,6-7,9H2. The maximum absolute atomic E-state index is 13.5. The summed E-state index contributed by atoms with van der Waals surface area (Å²) in [4.78, 5) is 0. The van der Waals surface area contributed by atoms with Gasteiger partial charge in [0.1, 0.15) is 12.4 Å². The topological polar surface area (TPSA) is 90.2 Å². The van der Waals surface area contributed by atoms with Crippen LogP contribution in [0, 0.1) is 29.0 Å². The summed E-state index contributed by atoms with van der Waals surface area (Å²) in [5.41, 5.74) is 0.580. The lowest BCUT2D eigenvalue weighted by molar-refractivity contribution is 0.350. The van der Waals surface area contributed by atoms with Gasteiger partial charge in [-0.1, -0.05) is 11.8 Å². The Kier molecular flexibility index (Phi) is 5.46. The average molecular weight is 282 g/mol. The Bertz CT molecular complexity index is 654. The summed E-state index contributed by atoms with van der Waals surface area (Å²) in [6, 6.07) is 5.47. The molecule has 0 spiro atoms.